The smallest absolute Gasteiger partial charge is 0.155 e. The van der Waals surface area contributed by atoms with Gasteiger partial charge in [0.2, 0.25) is 0 Å². The number of aromatic nitrogens is 1. The molecule has 0 aliphatic heterocycles. The van der Waals surface area contributed by atoms with E-state index in [1.807, 2.05) is 13.8 Å². The minimum absolute atomic E-state index is 0.123. The quantitative estimate of drug-likeness (QED) is 0.846. The molecule has 4 heteroatoms. The Morgan fingerprint density at radius 2 is 2.20 bits per heavy atom. The molecule has 0 bridgehead atoms. The first kappa shape index (κ1) is 14.6. The Balaban J connectivity index is 2.57. The van der Waals surface area contributed by atoms with Crippen molar-refractivity contribution in [2.75, 3.05) is 0 Å². The maximum absolute atomic E-state index is 10.0. The Hall–Kier alpha value is -1.76. The summed E-state index contributed by atoms with van der Waals surface area (Å²) in [6.45, 7) is 9.65. The van der Waals surface area contributed by atoms with Gasteiger partial charge >= 0.3 is 0 Å². The van der Waals surface area contributed by atoms with Crippen molar-refractivity contribution in [3.63, 3.8) is 0 Å². The summed E-state index contributed by atoms with van der Waals surface area (Å²) in [5.41, 5.74) is 2.97. The van der Waals surface area contributed by atoms with E-state index in [9.17, 15) is 5.11 Å². The summed E-state index contributed by atoms with van der Waals surface area (Å²) in [5.74, 6) is 3.37. The summed E-state index contributed by atoms with van der Waals surface area (Å²) in [7, 11) is 0. The second kappa shape index (κ2) is 5.32. The van der Waals surface area contributed by atoms with Crippen LogP contribution in [0.5, 0.6) is 0 Å². The molecule has 0 fully saturated rings. The van der Waals surface area contributed by atoms with Gasteiger partial charge in [0.1, 0.15) is 5.69 Å². The molecule has 2 rings (SSSR count). The number of hydrogen-bond donors (Lipinski definition) is 1. The standard InChI is InChI=1S/C16H16ClNO2/c1-6-11-15(18-20-16(11)8(2)3)12-7-13(19)10(5)14(17)9(12)4/h1,7-8,13,19H,4H2,2-3,5H3. The lowest BCUT2D eigenvalue weighted by atomic mass is 9.89. The first-order valence-corrected chi connectivity index (χ1v) is 6.68. The largest absolute Gasteiger partial charge is 0.385 e. The molecule has 1 heterocycles. The van der Waals surface area contributed by atoms with Crippen LogP contribution in [-0.2, 0) is 0 Å². The molecule has 1 aliphatic carbocycles. The molecule has 20 heavy (non-hydrogen) atoms. The normalized spacial score (nSPS) is 19.4. The van der Waals surface area contributed by atoms with Crippen molar-refractivity contribution < 1.29 is 9.63 Å². The van der Waals surface area contributed by atoms with Crippen LogP contribution in [0.15, 0.2) is 33.4 Å². The van der Waals surface area contributed by atoms with Crippen LogP contribution < -0.4 is 0 Å². The molecule has 1 aromatic rings. The maximum Gasteiger partial charge on any atom is 0.155 e. The summed E-state index contributed by atoms with van der Waals surface area (Å²) >= 11 is 6.19. The third kappa shape index (κ3) is 2.22. The fourth-order valence-corrected chi connectivity index (χ4v) is 2.33. The third-order valence-electron chi connectivity index (χ3n) is 3.35. The Bertz CT molecular complexity index is 671. The van der Waals surface area contributed by atoms with E-state index in [2.05, 4.69) is 17.7 Å². The first-order chi connectivity index (χ1) is 9.38. The van der Waals surface area contributed by atoms with Crippen molar-refractivity contribution in [1.29, 1.82) is 0 Å². The molecular weight excluding hydrogens is 274 g/mol. The van der Waals surface area contributed by atoms with Gasteiger partial charge in [0, 0.05) is 16.5 Å². The number of nitrogens with zero attached hydrogens (tertiary/aromatic N) is 1. The van der Waals surface area contributed by atoms with E-state index >= 15 is 0 Å². The van der Waals surface area contributed by atoms with Crippen LogP contribution in [0.3, 0.4) is 0 Å². The summed E-state index contributed by atoms with van der Waals surface area (Å²) in [6.07, 6.45) is 6.44. The van der Waals surface area contributed by atoms with Gasteiger partial charge < -0.3 is 9.63 Å². The Labute approximate surface area is 123 Å². The summed E-state index contributed by atoms with van der Waals surface area (Å²) in [6, 6.07) is 0. The molecule has 0 saturated heterocycles. The van der Waals surface area contributed by atoms with E-state index in [0.29, 0.717) is 38.8 Å². The molecule has 0 amide bonds. The Morgan fingerprint density at radius 1 is 1.55 bits per heavy atom. The van der Waals surface area contributed by atoms with E-state index in [0.717, 1.165) is 0 Å². The Kier molecular flexibility index (Phi) is 3.89. The van der Waals surface area contributed by atoms with Crippen molar-refractivity contribution in [3.8, 4) is 12.3 Å². The van der Waals surface area contributed by atoms with E-state index in [1.165, 1.54) is 0 Å². The van der Waals surface area contributed by atoms with Crippen molar-refractivity contribution in [2.45, 2.75) is 32.8 Å². The van der Waals surface area contributed by atoms with Crippen LogP contribution in [0.25, 0.3) is 5.57 Å². The Morgan fingerprint density at radius 3 is 2.75 bits per heavy atom. The van der Waals surface area contributed by atoms with Crippen LogP contribution in [0.2, 0.25) is 0 Å². The number of terminal acetylenes is 1. The summed E-state index contributed by atoms with van der Waals surface area (Å²) < 4.78 is 5.33. The lowest BCUT2D eigenvalue weighted by Gasteiger charge is -2.20. The van der Waals surface area contributed by atoms with Gasteiger partial charge in [-0.1, -0.05) is 43.1 Å². The van der Waals surface area contributed by atoms with Gasteiger partial charge in [-0.3, -0.25) is 0 Å². The molecule has 1 atom stereocenters. The molecular formula is C16H16ClNO2. The van der Waals surface area contributed by atoms with Crippen molar-refractivity contribution >= 4 is 17.2 Å². The van der Waals surface area contributed by atoms with E-state index < -0.39 is 6.10 Å². The number of aliphatic hydroxyl groups is 1. The minimum atomic E-state index is -0.771. The van der Waals surface area contributed by atoms with Crippen molar-refractivity contribution in [1.82, 2.24) is 5.16 Å². The molecule has 1 unspecified atom stereocenters. The highest BCUT2D eigenvalue weighted by Crippen LogP contribution is 2.38. The van der Waals surface area contributed by atoms with Crippen molar-refractivity contribution in [3.05, 3.63) is 45.9 Å². The SMILES string of the molecule is C#Cc1c(C2=CC(O)C(C)=C(Cl)C2=C)noc1C(C)C. The van der Waals surface area contributed by atoms with Crippen LogP contribution >= 0.6 is 11.6 Å². The molecule has 1 aliphatic rings. The molecule has 0 spiro atoms. The fraction of sp³-hybridized carbons (Fsp3) is 0.312. The van der Waals surface area contributed by atoms with Crippen LogP contribution in [0.4, 0.5) is 0 Å². The molecule has 0 aromatic carbocycles. The van der Waals surface area contributed by atoms with E-state index in [-0.39, 0.29) is 5.92 Å². The van der Waals surface area contributed by atoms with Crippen LogP contribution in [0, 0.1) is 12.3 Å². The predicted octanol–water partition coefficient (Wildman–Crippen LogP) is 3.61. The first-order valence-electron chi connectivity index (χ1n) is 6.30. The molecule has 1 N–H and O–H groups in total. The summed E-state index contributed by atoms with van der Waals surface area (Å²) in [4.78, 5) is 0. The number of allylic oxidation sites excluding steroid dienone is 3. The van der Waals surface area contributed by atoms with Gasteiger partial charge in [0.15, 0.2) is 5.76 Å². The highest BCUT2D eigenvalue weighted by Gasteiger charge is 2.27. The van der Waals surface area contributed by atoms with E-state index in [4.69, 9.17) is 22.5 Å². The zero-order valence-corrected chi connectivity index (χ0v) is 12.5. The van der Waals surface area contributed by atoms with Crippen LogP contribution in [-0.4, -0.2) is 16.4 Å². The van der Waals surface area contributed by atoms with E-state index in [1.54, 1.807) is 13.0 Å². The fourth-order valence-electron chi connectivity index (χ4n) is 2.11. The van der Waals surface area contributed by atoms with Gasteiger partial charge in [-0.15, -0.1) is 6.42 Å². The van der Waals surface area contributed by atoms with Gasteiger partial charge in [0.25, 0.3) is 0 Å². The van der Waals surface area contributed by atoms with Crippen molar-refractivity contribution in [2.24, 2.45) is 0 Å². The highest BCUT2D eigenvalue weighted by molar-refractivity contribution is 6.34. The number of halogens is 1. The second-order valence-electron chi connectivity index (χ2n) is 5.07. The zero-order valence-electron chi connectivity index (χ0n) is 11.7. The number of hydrogen-bond acceptors (Lipinski definition) is 3. The molecule has 0 saturated carbocycles. The number of aliphatic hydroxyl groups excluding tert-OH is 1. The lowest BCUT2D eigenvalue weighted by Crippen LogP contribution is -2.13. The van der Waals surface area contributed by atoms with Gasteiger partial charge in [-0.05, 0) is 24.1 Å². The minimum Gasteiger partial charge on any atom is -0.385 e. The third-order valence-corrected chi connectivity index (χ3v) is 3.87. The average molecular weight is 290 g/mol. The lowest BCUT2D eigenvalue weighted by molar-refractivity contribution is 0.258. The predicted molar refractivity (Wildman–Crippen MR) is 80.2 cm³/mol. The monoisotopic (exact) mass is 289 g/mol. The average Bonchev–Trinajstić information content (AvgIpc) is 2.84. The molecule has 1 aromatic heterocycles. The van der Waals surface area contributed by atoms with Gasteiger partial charge in [0.05, 0.1) is 11.7 Å². The zero-order chi connectivity index (χ0) is 15.0. The summed E-state index contributed by atoms with van der Waals surface area (Å²) in [5, 5.41) is 14.5. The second-order valence-corrected chi connectivity index (χ2v) is 5.45. The number of rotatable bonds is 2. The van der Waals surface area contributed by atoms with Gasteiger partial charge in [-0.25, -0.2) is 0 Å². The topological polar surface area (TPSA) is 46.3 Å². The molecule has 3 nitrogen and oxygen atoms in total. The van der Waals surface area contributed by atoms with Crippen LogP contribution in [0.1, 0.15) is 43.7 Å². The van der Waals surface area contributed by atoms with Gasteiger partial charge in [-0.2, -0.15) is 0 Å². The molecule has 0 radical (unpaired) electrons. The maximum atomic E-state index is 10.0. The molecule has 104 valence electrons. The highest BCUT2D eigenvalue weighted by atomic mass is 35.5.